The molecule has 0 aliphatic carbocycles. The van der Waals surface area contributed by atoms with Gasteiger partial charge in [0.1, 0.15) is 0 Å². The maximum Gasteiger partial charge on any atom is 0.226 e. The van der Waals surface area contributed by atoms with Gasteiger partial charge in [-0.2, -0.15) is 11.8 Å². The molecule has 3 nitrogen and oxygen atoms in total. The lowest BCUT2D eigenvalue weighted by molar-refractivity contribution is -0.135. The van der Waals surface area contributed by atoms with Crippen molar-refractivity contribution < 1.29 is 4.79 Å². The van der Waals surface area contributed by atoms with Crippen molar-refractivity contribution in [2.75, 3.05) is 31.1 Å². The Morgan fingerprint density at radius 1 is 1.57 bits per heavy atom. The zero-order chi connectivity index (χ0) is 9.97. The Bertz CT molecular complexity index is 216. The van der Waals surface area contributed by atoms with Crippen molar-refractivity contribution in [2.24, 2.45) is 5.92 Å². The minimum absolute atomic E-state index is 0.310. The van der Waals surface area contributed by atoms with Crippen LogP contribution in [0.25, 0.3) is 0 Å². The van der Waals surface area contributed by atoms with Gasteiger partial charge in [-0.15, -0.1) is 0 Å². The van der Waals surface area contributed by atoms with Crippen LogP contribution in [0.4, 0.5) is 0 Å². The quantitative estimate of drug-likeness (QED) is 0.692. The largest absolute Gasteiger partial charge is 0.340 e. The monoisotopic (exact) mass is 214 g/mol. The van der Waals surface area contributed by atoms with Crippen molar-refractivity contribution in [3.63, 3.8) is 0 Å². The lowest BCUT2D eigenvalue weighted by Crippen LogP contribution is -2.52. The van der Waals surface area contributed by atoms with Gasteiger partial charge in [-0.05, 0) is 19.1 Å². The van der Waals surface area contributed by atoms with E-state index in [4.69, 9.17) is 0 Å². The van der Waals surface area contributed by atoms with E-state index in [0.29, 0.717) is 17.9 Å². The number of thioether (sulfide) groups is 1. The van der Waals surface area contributed by atoms with Gasteiger partial charge in [0.25, 0.3) is 0 Å². The summed E-state index contributed by atoms with van der Waals surface area (Å²) in [5.41, 5.74) is 0. The van der Waals surface area contributed by atoms with Gasteiger partial charge in [0.2, 0.25) is 5.91 Å². The predicted octanol–water partition coefficient (Wildman–Crippen LogP) is 0.560. The van der Waals surface area contributed by atoms with E-state index in [1.165, 1.54) is 0 Å². The van der Waals surface area contributed by atoms with Gasteiger partial charge in [-0.3, -0.25) is 4.79 Å². The van der Waals surface area contributed by atoms with E-state index in [0.717, 1.165) is 37.6 Å². The molecule has 0 aromatic carbocycles. The molecule has 2 rings (SSSR count). The number of amides is 1. The van der Waals surface area contributed by atoms with Crippen LogP contribution in [0, 0.1) is 5.92 Å². The molecule has 2 saturated heterocycles. The average molecular weight is 214 g/mol. The molecule has 2 atom stereocenters. The second kappa shape index (κ2) is 4.53. The number of piperazine rings is 1. The predicted molar refractivity (Wildman–Crippen MR) is 59.5 cm³/mol. The lowest BCUT2D eigenvalue weighted by Gasteiger charge is -2.33. The third kappa shape index (κ3) is 2.23. The van der Waals surface area contributed by atoms with E-state index in [-0.39, 0.29) is 0 Å². The summed E-state index contributed by atoms with van der Waals surface area (Å²) < 4.78 is 0. The normalized spacial score (nSPS) is 33.4. The molecule has 0 spiro atoms. The highest BCUT2D eigenvalue weighted by molar-refractivity contribution is 7.99. The van der Waals surface area contributed by atoms with Crippen molar-refractivity contribution in [1.29, 1.82) is 0 Å². The van der Waals surface area contributed by atoms with Crippen molar-refractivity contribution in [2.45, 2.75) is 19.4 Å². The van der Waals surface area contributed by atoms with Crippen LogP contribution >= 0.6 is 11.8 Å². The maximum atomic E-state index is 12.0. The maximum absolute atomic E-state index is 12.0. The van der Waals surface area contributed by atoms with Gasteiger partial charge in [-0.1, -0.05) is 0 Å². The Morgan fingerprint density at radius 3 is 3.07 bits per heavy atom. The van der Waals surface area contributed by atoms with Crippen molar-refractivity contribution in [1.82, 2.24) is 10.2 Å². The zero-order valence-corrected chi connectivity index (χ0v) is 9.48. The summed E-state index contributed by atoms with van der Waals surface area (Å²) >= 11 is 1.91. The number of nitrogens with one attached hydrogen (secondary N) is 1. The van der Waals surface area contributed by atoms with Crippen LogP contribution in [0.1, 0.15) is 13.3 Å². The summed E-state index contributed by atoms with van der Waals surface area (Å²) in [5, 5.41) is 3.36. The molecule has 0 saturated carbocycles. The van der Waals surface area contributed by atoms with E-state index < -0.39 is 0 Å². The van der Waals surface area contributed by atoms with Gasteiger partial charge < -0.3 is 10.2 Å². The fourth-order valence-corrected chi connectivity index (χ4v) is 3.33. The van der Waals surface area contributed by atoms with Crippen LogP contribution in [-0.2, 0) is 4.79 Å². The molecule has 4 heteroatoms. The van der Waals surface area contributed by atoms with Crippen molar-refractivity contribution in [3.8, 4) is 0 Å². The SMILES string of the molecule is C[C@H]1CN(C(=O)C2CCSC2)CCN1. The molecule has 0 bridgehead atoms. The molecule has 0 radical (unpaired) electrons. The molecule has 2 aliphatic rings. The Balaban J connectivity index is 1.89. The molecular formula is C10H18N2OS. The summed E-state index contributed by atoms with van der Waals surface area (Å²) in [6, 6.07) is 0.460. The summed E-state index contributed by atoms with van der Waals surface area (Å²) in [5.74, 6) is 2.91. The lowest BCUT2D eigenvalue weighted by atomic mass is 10.1. The molecule has 2 heterocycles. The van der Waals surface area contributed by atoms with Crippen LogP contribution in [0.2, 0.25) is 0 Å². The van der Waals surface area contributed by atoms with Crippen LogP contribution in [0.5, 0.6) is 0 Å². The zero-order valence-electron chi connectivity index (χ0n) is 8.66. The Hall–Kier alpha value is -0.220. The van der Waals surface area contributed by atoms with E-state index in [2.05, 4.69) is 12.2 Å². The standard InChI is InChI=1S/C10H18N2OS/c1-8-6-12(4-3-11-8)10(13)9-2-5-14-7-9/h8-9,11H,2-7H2,1H3/t8-,9?/m0/s1. The summed E-state index contributed by atoms with van der Waals surface area (Å²) in [7, 11) is 0. The van der Waals surface area contributed by atoms with E-state index >= 15 is 0 Å². The number of nitrogens with zero attached hydrogens (tertiary/aromatic N) is 1. The number of carbonyl (C=O) groups is 1. The molecule has 1 unspecified atom stereocenters. The van der Waals surface area contributed by atoms with E-state index in [1.54, 1.807) is 0 Å². The van der Waals surface area contributed by atoms with Crippen molar-refractivity contribution >= 4 is 17.7 Å². The third-order valence-corrected chi connectivity index (χ3v) is 4.12. The Kier molecular flexibility index (Phi) is 3.34. The fourth-order valence-electron chi connectivity index (χ4n) is 2.12. The van der Waals surface area contributed by atoms with Crippen LogP contribution in [0.15, 0.2) is 0 Å². The van der Waals surface area contributed by atoms with Gasteiger partial charge in [0, 0.05) is 37.3 Å². The first kappa shape index (κ1) is 10.3. The van der Waals surface area contributed by atoms with Gasteiger partial charge >= 0.3 is 0 Å². The molecule has 0 aromatic rings. The smallest absolute Gasteiger partial charge is 0.226 e. The van der Waals surface area contributed by atoms with Crippen LogP contribution in [-0.4, -0.2) is 48.0 Å². The summed E-state index contributed by atoms with van der Waals surface area (Å²) in [4.78, 5) is 14.1. The molecule has 0 aromatic heterocycles. The molecule has 80 valence electrons. The molecule has 2 fully saturated rings. The number of hydrogen-bond donors (Lipinski definition) is 1. The fraction of sp³-hybridized carbons (Fsp3) is 0.900. The second-order valence-electron chi connectivity index (χ2n) is 4.20. The van der Waals surface area contributed by atoms with Crippen LogP contribution in [0.3, 0.4) is 0 Å². The van der Waals surface area contributed by atoms with Gasteiger partial charge in [0.15, 0.2) is 0 Å². The number of rotatable bonds is 1. The third-order valence-electron chi connectivity index (χ3n) is 2.96. The molecule has 1 N–H and O–H groups in total. The topological polar surface area (TPSA) is 32.3 Å². The first-order valence-corrected chi connectivity index (χ1v) is 6.53. The number of carbonyl (C=O) groups excluding carboxylic acids is 1. The minimum atomic E-state index is 0.310. The molecular weight excluding hydrogens is 196 g/mol. The highest BCUT2D eigenvalue weighted by Crippen LogP contribution is 2.25. The van der Waals surface area contributed by atoms with E-state index in [1.807, 2.05) is 16.7 Å². The average Bonchev–Trinajstić information content (AvgIpc) is 2.69. The van der Waals surface area contributed by atoms with Crippen LogP contribution < -0.4 is 5.32 Å². The highest BCUT2D eigenvalue weighted by atomic mass is 32.2. The molecule has 1 amide bonds. The summed E-state index contributed by atoms with van der Waals surface area (Å²) in [6.45, 7) is 4.87. The molecule has 2 aliphatic heterocycles. The Labute approximate surface area is 89.6 Å². The molecule has 14 heavy (non-hydrogen) atoms. The van der Waals surface area contributed by atoms with Crippen molar-refractivity contribution in [3.05, 3.63) is 0 Å². The minimum Gasteiger partial charge on any atom is -0.340 e. The van der Waals surface area contributed by atoms with E-state index in [9.17, 15) is 4.79 Å². The highest BCUT2D eigenvalue weighted by Gasteiger charge is 2.29. The number of hydrogen-bond acceptors (Lipinski definition) is 3. The second-order valence-corrected chi connectivity index (χ2v) is 5.35. The first-order chi connectivity index (χ1) is 6.77. The van der Waals surface area contributed by atoms with Gasteiger partial charge in [-0.25, -0.2) is 0 Å². The Morgan fingerprint density at radius 2 is 2.43 bits per heavy atom. The van der Waals surface area contributed by atoms with Gasteiger partial charge in [0.05, 0.1) is 0 Å². The summed E-state index contributed by atoms with van der Waals surface area (Å²) in [6.07, 6.45) is 1.09. The first-order valence-electron chi connectivity index (χ1n) is 5.37.